The minimum Gasteiger partial charge on any atom is -0.465 e. The number of carbonyl (C=O) groups is 1. The summed E-state index contributed by atoms with van der Waals surface area (Å²) >= 11 is 0. The van der Waals surface area contributed by atoms with Crippen LogP contribution in [0.3, 0.4) is 0 Å². The first-order chi connectivity index (χ1) is 10.1. The van der Waals surface area contributed by atoms with Crippen LogP contribution in [0.5, 0.6) is 0 Å². The highest BCUT2D eigenvalue weighted by Crippen LogP contribution is 2.22. The molecule has 1 aromatic rings. The summed E-state index contributed by atoms with van der Waals surface area (Å²) in [4.78, 5) is 11.2. The van der Waals surface area contributed by atoms with Gasteiger partial charge in [-0.2, -0.15) is 0 Å². The molecule has 2 rings (SSSR count). The lowest BCUT2D eigenvalue weighted by Gasteiger charge is -2.13. The molecule has 0 saturated heterocycles. The molecule has 0 radical (unpaired) electrons. The van der Waals surface area contributed by atoms with Gasteiger partial charge in [0.15, 0.2) is 11.6 Å². The molecule has 116 valence electrons. The summed E-state index contributed by atoms with van der Waals surface area (Å²) in [6.07, 6.45) is 4.79. The number of methoxy groups -OCH3 is 1. The van der Waals surface area contributed by atoms with E-state index in [2.05, 4.69) is 10.1 Å². The maximum atomic E-state index is 13.8. The first-order valence-electron chi connectivity index (χ1n) is 7.05. The average Bonchev–Trinajstić information content (AvgIpc) is 3.00. The number of anilines is 1. The lowest BCUT2D eigenvalue weighted by molar-refractivity contribution is 0.0594. The van der Waals surface area contributed by atoms with Crippen LogP contribution < -0.4 is 5.32 Å². The van der Waals surface area contributed by atoms with E-state index >= 15 is 0 Å². The first-order valence-corrected chi connectivity index (χ1v) is 7.05. The summed E-state index contributed by atoms with van der Waals surface area (Å²) in [7, 11) is 1.12. The van der Waals surface area contributed by atoms with E-state index in [-0.39, 0.29) is 11.8 Å². The van der Waals surface area contributed by atoms with E-state index < -0.39 is 23.2 Å². The molecule has 4 nitrogen and oxygen atoms in total. The van der Waals surface area contributed by atoms with Crippen LogP contribution in [0, 0.1) is 11.6 Å². The largest absolute Gasteiger partial charge is 0.465 e. The van der Waals surface area contributed by atoms with Crippen LogP contribution in [-0.2, 0) is 9.47 Å². The number of benzene rings is 1. The van der Waals surface area contributed by atoms with Gasteiger partial charge in [0.2, 0.25) is 0 Å². The fourth-order valence-electron chi connectivity index (χ4n) is 2.42. The van der Waals surface area contributed by atoms with Crippen LogP contribution >= 0.6 is 0 Å². The van der Waals surface area contributed by atoms with E-state index in [0.717, 1.165) is 20.0 Å². The van der Waals surface area contributed by atoms with Crippen LogP contribution in [0.4, 0.5) is 14.5 Å². The third kappa shape index (κ3) is 3.91. The number of hydrogen-bond donors (Lipinski definition) is 1. The Morgan fingerprint density at radius 1 is 1.29 bits per heavy atom. The standard InChI is InChI=1S/C15H19F2NO3/c1-20-15(19)11-6-7-12(14(17)13(11)16)18-8-9-21-10-4-2-3-5-10/h6-7,10,18H,2-5,8-9H2,1H3. The molecule has 21 heavy (non-hydrogen) atoms. The van der Waals surface area contributed by atoms with E-state index in [1.54, 1.807) is 0 Å². The van der Waals surface area contributed by atoms with Gasteiger partial charge in [-0.15, -0.1) is 0 Å². The van der Waals surface area contributed by atoms with Gasteiger partial charge < -0.3 is 14.8 Å². The zero-order valence-electron chi connectivity index (χ0n) is 12.0. The average molecular weight is 299 g/mol. The number of rotatable bonds is 6. The molecule has 0 aliphatic heterocycles. The molecule has 1 saturated carbocycles. The summed E-state index contributed by atoms with van der Waals surface area (Å²) < 4.78 is 37.5. The molecular formula is C15H19F2NO3. The highest BCUT2D eigenvalue weighted by Gasteiger charge is 2.19. The molecule has 0 bridgehead atoms. The summed E-state index contributed by atoms with van der Waals surface area (Å²) in [5, 5.41) is 2.77. The smallest absolute Gasteiger partial charge is 0.340 e. The molecule has 0 atom stereocenters. The van der Waals surface area contributed by atoms with E-state index in [1.807, 2.05) is 0 Å². The van der Waals surface area contributed by atoms with E-state index in [1.165, 1.54) is 25.0 Å². The third-order valence-corrected chi connectivity index (χ3v) is 3.56. The molecule has 1 aromatic carbocycles. The van der Waals surface area contributed by atoms with Crippen LogP contribution in [0.1, 0.15) is 36.0 Å². The van der Waals surface area contributed by atoms with Crippen molar-refractivity contribution in [3.8, 4) is 0 Å². The van der Waals surface area contributed by atoms with Gasteiger partial charge in [-0.25, -0.2) is 13.6 Å². The Bertz CT molecular complexity index is 502. The Morgan fingerprint density at radius 2 is 2.00 bits per heavy atom. The van der Waals surface area contributed by atoms with Crippen LogP contribution in [-0.4, -0.2) is 32.3 Å². The van der Waals surface area contributed by atoms with E-state index in [0.29, 0.717) is 13.2 Å². The van der Waals surface area contributed by atoms with Crippen LogP contribution in [0.2, 0.25) is 0 Å². The molecule has 0 aromatic heterocycles. The van der Waals surface area contributed by atoms with Crippen molar-refractivity contribution in [2.45, 2.75) is 31.8 Å². The summed E-state index contributed by atoms with van der Waals surface area (Å²) in [6.45, 7) is 0.814. The Hall–Kier alpha value is -1.69. The van der Waals surface area contributed by atoms with Crippen molar-refractivity contribution in [2.75, 3.05) is 25.6 Å². The van der Waals surface area contributed by atoms with Crippen molar-refractivity contribution in [1.29, 1.82) is 0 Å². The third-order valence-electron chi connectivity index (χ3n) is 3.56. The van der Waals surface area contributed by atoms with Gasteiger partial charge >= 0.3 is 5.97 Å². The van der Waals surface area contributed by atoms with Crippen molar-refractivity contribution in [1.82, 2.24) is 0 Å². The van der Waals surface area contributed by atoms with Crippen molar-refractivity contribution in [2.24, 2.45) is 0 Å². The second-order valence-electron chi connectivity index (χ2n) is 4.98. The molecule has 6 heteroatoms. The fourth-order valence-corrected chi connectivity index (χ4v) is 2.42. The number of halogens is 2. The number of hydrogen-bond acceptors (Lipinski definition) is 4. The van der Waals surface area contributed by atoms with E-state index in [4.69, 9.17) is 4.74 Å². The predicted octanol–water partition coefficient (Wildman–Crippen LogP) is 3.12. The molecule has 1 N–H and O–H groups in total. The lowest BCUT2D eigenvalue weighted by atomic mass is 10.2. The number of ether oxygens (including phenoxy) is 2. The zero-order chi connectivity index (χ0) is 15.2. The van der Waals surface area contributed by atoms with Gasteiger partial charge in [-0.05, 0) is 25.0 Å². The molecule has 0 heterocycles. The van der Waals surface area contributed by atoms with Gasteiger partial charge in [0.05, 0.1) is 31.1 Å². The number of carbonyl (C=O) groups excluding carboxylic acids is 1. The van der Waals surface area contributed by atoms with E-state index in [9.17, 15) is 13.6 Å². The van der Waals surface area contributed by atoms with Gasteiger partial charge in [-0.1, -0.05) is 12.8 Å². The molecule has 0 amide bonds. The molecular weight excluding hydrogens is 280 g/mol. The molecule has 1 fully saturated rings. The van der Waals surface area contributed by atoms with Crippen molar-refractivity contribution < 1.29 is 23.0 Å². The topological polar surface area (TPSA) is 47.6 Å². The summed E-state index contributed by atoms with van der Waals surface area (Å²) in [5.41, 5.74) is -0.405. The zero-order valence-corrected chi connectivity index (χ0v) is 12.0. The monoisotopic (exact) mass is 299 g/mol. The Labute approximate surface area is 122 Å². The highest BCUT2D eigenvalue weighted by molar-refractivity contribution is 5.90. The normalized spacial score (nSPS) is 15.2. The quantitative estimate of drug-likeness (QED) is 0.647. The summed E-state index contributed by atoms with van der Waals surface area (Å²) in [6, 6.07) is 2.52. The van der Waals surface area contributed by atoms with Gasteiger partial charge in [0.25, 0.3) is 0 Å². The lowest BCUT2D eigenvalue weighted by Crippen LogP contribution is -2.16. The molecule has 1 aliphatic carbocycles. The number of nitrogens with one attached hydrogen (secondary N) is 1. The predicted molar refractivity (Wildman–Crippen MR) is 74.4 cm³/mol. The summed E-state index contributed by atoms with van der Waals surface area (Å²) in [5.74, 6) is -3.19. The van der Waals surface area contributed by atoms with Gasteiger partial charge in [-0.3, -0.25) is 0 Å². The molecule has 0 spiro atoms. The van der Waals surface area contributed by atoms with Crippen molar-refractivity contribution in [3.05, 3.63) is 29.3 Å². The van der Waals surface area contributed by atoms with Crippen molar-refractivity contribution in [3.63, 3.8) is 0 Å². The first kappa shape index (κ1) is 15.7. The van der Waals surface area contributed by atoms with Gasteiger partial charge in [0.1, 0.15) is 0 Å². The Morgan fingerprint density at radius 3 is 2.67 bits per heavy atom. The van der Waals surface area contributed by atoms with Crippen LogP contribution in [0.25, 0.3) is 0 Å². The maximum absolute atomic E-state index is 13.8. The van der Waals surface area contributed by atoms with Gasteiger partial charge in [0, 0.05) is 6.54 Å². The molecule has 0 unspecified atom stereocenters. The Kier molecular flexibility index (Phi) is 5.50. The number of esters is 1. The van der Waals surface area contributed by atoms with Crippen molar-refractivity contribution >= 4 is 11.7 Å². The SMILES string of the molecule is COC(=O)c1ccc(NCCOC2CCCC2)c(F)c1F. The molecule has 1 aliphatic rings. The minimum absolute atomic E-state index is 0.00942. The second kappa shape index (κ2) is 7.36. The maximum Gasteiger partial charge on any atom is 0.340 e. The minimum atomic E-state index is -1.21. The van der Waals surface area contributed by atoms with Crippen LogP contribution in [0.15, 0.2) is 12.1 Å². The second-order valence-corrected chi connectivity index (χ2v) is 4.98. The fraction of sp³-hybridized carbons (Fsp3) is 0.533. The highest BCUT2D eigenvalue weighted by atomic mass is 19.2. The Balaban J connectivity index is 1.88.